The molecule has 0 saturated carbocycles. The van der Waals surface area contributed by atoms with Crippen molar-refractivity contribution in [2.45, 2.75) is 168 Å². The molecule has 0 bridgehead atoms. The van der Waals surface area contributed by atoms with Gasteiger partial charge in [-0.3, -0.25) is 0 Å². The van der Waals surface area contributed by atoms with Crippen molar-refractivity contribution in [3.63, 3.8) is 0 Å². The predicted octanol–water partition coefficient (Wildman–Crippen LogP) is 16.4. The Morgan fingerprint density at radius 1 is 0.544 bits per heavy atom. The normalized spacial score (nSPS) is 19.3. The first-order valence-corrected chi connectivity index (χ1v) is 25.8. The quantitative estimate of drug-likeness (QED) is 0.165. The Balaban J connectivity index is 1.31. The van der Waals surface area contributed by atoms with Gasteiger partial charge in [0.25, 0.3) is 6.71 Å². The second-order valence-corrected chi connectivity index (χ2v) is 25.8. The monoisotopic (exact) mass is 897 g/mol. The van der Waals surface area contributed by atoms with Crippen LogP contribution in [0.15, 0.2) is 114 Å². The van der Waals surface area contributed by atoms with E-state index in [0.29, 0.717) is 11.8 Å². The molecule has 0 amide bonds. The molecule has 4 heteroatoms. The van der Waals surface area contributed by atoms with Crippen LogP contribution < -0.4 is 26.4 Å². The van der Waals surface area contributed by atoms with Crippen LogP contribution >= 0.6 is 0 Å². The number of furan rings is 1. The van der Waals surface area contributed by atoms with E-state index >= 15 is 0 Å². The third-order valence-corrected chi connectivity index (χ3v) is 17.0. The molecule has 348 valence electrons. The molecule has 0 saturated heterocycles. The lowest BCUT2D eigenvalue weighted by atomic mass is 9.35. The van der Waals surface area contributed by atoms with Crippen LogP contribution in [-0.2, 0) is 27.1 Å². The number of anilines is 6. The summed E-state index contributed by atoms with van der Waals surface area (Å²) < 4.78 is 7.64. The molecule has 68 heavy (non-hydrogen) atoms. The number of fused-ring (bicyclic) bond motifs is 8. The molecule has 11 rings (SSSR count). The van der Waals surface area contributed by atoms with Crippen molar-refractivity contribution in [1.29, 1.82) is 0 Å². The maximum absolute atomic E-state index is 7.64. The Morgan fingerprint density at radius 2 is 1.10 bits per heavy atom. The predicted molar refractivity (Wildman–Crippen MR) is 293 cm³/mol. The molecule has 3 heterocycles. The number of benzene rings is 6. The molecule has 0 fully saturated rings. The second-order valence-electron chi connectivity index (χ2n) is 25.8. The van der Waals surface area contributed by atoms with E-state index in [1.54, 1.807) is 0 Å². The number of nitrogens with zero attached hydrogens (tertiary/aromatic N) is 2. The van der Waals surface area contributed by atoms with Crippen molar-refractivity contribution < 1.29 is 4.42 Å². The maximum atomic E-state index is 7.64. The van der Waals surface area contributed by atoms with Gasteiger partial charge < -0.3 is 14.2 Å². The summed E-state index contributed by atoms with van der Waals surface area (Å²) in [7, 11) is 0. The van der Waals surface area contributed by atoms with E-state index in [2.05, 4.69) is 223 Å². The summed E-state index contributed by atoms with van der Waals surface area (Å²) in [5.74, 6) is 0.992. The molecule has 0 radical (unpaired) electrons. The molecule has 2 atom stereocenters. The van der Waals surface area contributed by atoms with Crippen molar-refractivity contribution in [2.24, 2.45) is 0 Å². The molecular formula is C64H73BN2O. The minimum atomic E-state index is -0.141. The van der Waals surface area contributed by atoms with Crippen molar-refractivity contribution in [3.8, 4) is 11.1 Å². The van der Waals surface area contributed by atoms with Gasteiger partial charge in [0.15, 0.2) is 0 Å². The van der Waals surface area contributed by atoms with Crippen LogP contribution in [0.3, 0.4) is 0 Å². The lowest BCUT2D eigenvalue weighted by molar-refractivity contribution is 0.332. The van der Waals surface area contributed by atoms with Crippen molar-refractivity contribution in [2.75, 3.05) is 9.80 Å². The third-order valence-electron chi connectivity index (χ3n) is 17.0. The topological polar surface area (TPSA) is 19.6 Å². The Bertz CT molecular complexity index is 3160. The molecule has 4 aliphatic rings. The van der Waals surface area contributed by atoms with E-state index in [-0.39, 0.29) is 33.8 Å². The average molecular weight is 897 g/mol. The summed E-state index contributed by atoms with van der Waals surface area (Å²) in [6.45, 7) is 35.7. The van der Waals surface area contributed by atoms with Crippen molar-refractivity contribution in [3.05, 3.63) is 148 Å². The summed E-state index contributed by atoms with van der Waals surface area (Å²) in [5.41, 5.74) is 24.3. The zero-order valence-electron chi connectivity index (χ0n) is 43.8. The summed E-state index contributed by atoms with van der Waals surface area (Å²) in [4.78, 5) is 5.29. The van der Waals surface area contributed by atoms with Crippen LogP contribution in [0.25, 0.3) is 22.1 Å². The highest BCUT2D eigenvalue weighted by atomic mass is 16.3. The van der Waals surface area contributed by atoms with Gasteiger partial charge in [-0.05, 0) is 175 Å². The molecule has 2 aliphatic carbocycles. The molecule has 2 aliphatic heterocycles. The second kappa shape index (κ2) is 15.0. The average Bonchev–Trinajstić information content (AvgIpc) is 3.65. The van der Waals surface area contributed by atoms with Crippen molar-refractivity contribution in [1.82, 2.24) is 0 Å². The van der Waals surface area contributed by atoms with Gasteiger partial charge in [-0.2, -0.15) is 0 Å². The number of hydrogen-bond acceptors (Lipinski definition) is 3. The van der Waals surface area contributed by atoms with Gasteiger partial charge in [-0.25, -0.2) is 0 Å². The first-order chi connectivity index (χ1) is 31.9. The molecule has 0 spiro atoms. The Morgan fingerprint density at radius 3 is 1.71 bits per heavy atom. The largest absolute Gasteiger partial charge is 0.468 e. The fourth-order valence-corrected chi connectivity index (χ4v) is 12.4. The smallest absolute Gasteiger partial charge is 0.297 e. The van der Waals surface area contributed by atoms with Crippen LogP contribution in [0.4, 0.5) is 34.1 Å². The molecular weight excluding hydrogens is 824 g/mol. The Hall–Kier alpha value is -5.48. The highest BCUT2D eigenvalue weighted by Crippen LogP contribution is 2.54. The zero-order valence-corrected chi connectivity index (χ0v) is 43.8. The van der Waals surface area contributed by atoms with Crippen LogP contribution in [-0.4, -0.2) is 6.71 Å². The number of rotatable bonds is 3. The highest BCUT2D eigenvalue weighted by molar-refractivity contribution is 7.00. The first kappa shape index (κ1) is 45.0. The maximum Gasteiger partial charge on any atom is 0.297 e. The van der Waals surface area contributed by atoms with Crippen LogP contribution in [0, 0.1) is 0 Å². The molecule has 2 unspecified atom stereocenters. The lowest BCUT2D eigenvalue weighted by Crippen LogP contribution is -2.61. The molecule has 0 N–H and O–H groups in total. The minimum Gasteiger partial charge on any atom is -0.468 e. The minimum absolute atomic E-state index is 0.0160. The van der Waals surface area contributed by atoms with E-state index in [4.69, 9.17) is 4.42 Å². The Kier molecular flexibility index (Phi) is 9.93. The lowest BCUT2D eigenvalue weighted by Gasteiger charge is -2.47. The molecule has 1 aromatic heterocycles. The molecule has 6 aromatic carbocycles. The van der Waals surface area contributed by atoms with Crippen LogP contribution in [0.5, 0.6) is 0 Å². The van der Waals surface area contributed by atoms with Crippen LogP contribution in [0.1, 0.15) is 180 Å². The van der Waals surface area contributed by atoms with E-state index in [0.717, 1.165) is 29.8 Å². The number of hydrogen-bond donors (Lipinski definition) is 0. The van der Waals surface area contributed by atoms with Crippen molar-refractivity contribution >= 4 is 68.4 Å². The van der Waals surface area contributed by atoms with Gasteiger partial charge in [0.1, 0.15) is 5.58 Å². The summed E-state index contributed by atoms with van der Waals surface area (Å²) in [5, 5.41) is 1.22. The SMILES string of the molecule is CC1CCC(C)c2cc3c4c(oc3cc21)B1c2cc3c(cc2N(c2ccc(C(C)(C)C)cc2-c2ccccc2)c2cc(C(C)(C)C)cc(c21)N4c1ccc(C(C)(C)C)cc1)C(C)(C)CCC3(C)C. The van der Waals surface area contributed by atoms with Crippen LogP contribution in [0.2, 0.25) is 0 Å². The van der Waals surface area contributed by atoms with E-state index in [9.17, 15) is 0 Å². The summed E-state index contributed by atoms with van der Waals surface area (Å²) in [6.07, 6.45) is 4.72. The zero-order chi connectivity index (χ0) is 48.2. The fraction of sp³-hybridized carbons (Fsp3) is 0.406. The molecule has 7 aromatic rings. The highest BCUT2D eigenvalue weighted by Gasteiger charge is 2.50. The third kappa shape index (κ3) is 6.96. The van der Waals surface area contributed by atoms with Gasteiger partial charge in [-0.15, -0.1) is 0 Å². The van der Waals surface area contributed by atoms with Gasteiger partial charge >= 0.3 is 0 Å². The Labute approximate surface area is 408 Å². The van der Waals surface area contributed by atoms with E-state index < -0.39 is 0 Å². The fourth-order valence-electron chi connectivity index (χ4n) is 12.4. The van der Waals surface area contributed by atoms with Gasteiger partial charge in [0.05, 0.1) is 17.0 Å². The molecule has 3 nitrogen and oxygen atoms in total. The van der Waals surface area contributed by atoms with Gasteiger partial charge in [0, 0.05) is 33.7 Å². The van der Waals surface area contributed by atoms with E-state index in [1.807, 2.05) is 0 Å². The first-order valence-electron chi connectivity index (χ1n) is 25.8. The van der Waals surface area contributed by atoms with Gasteiger partial charge in [0.2, 0.25) is 0 Å². The van der Waals surface area contributed by atoms with Gasteiger partial charge in [-0.1, -0.05) is 158 Å². The summed E-state index contributed by atoms with van der Waals surface area (Å²) >= 11 is 0. The standard InChI is InChI=1S/C64H73BN2O/c1-38-21-22-39(2)46-35-56-48(34-45(38)46)58-59(68-56)65-51-36-49-50(64(14,15)30-29-63(49,12)13)37-53(51)67(52-28-25-42(61(6,7)8)31-47(52)40-19-17-16-18-20-40)55-33-43(62(9,10)11)32-54(57(55)65)66(58)44-26-23-41(24-27-44)60(3,4)5/h16-20,23-28,31-39H,21-22,29-30H2,1-15H3. The summed E-state index contributed by atoms with van der Waals surface area (Å²) in [6, 6.07) is 43.2. The van der Waals surface area contributed by atoms with E-state index in [1.165, 1.54) is 108 Å².